The number of hydrogen-bond donors (Lipinski definition) is 0. The van der Waals surface area contributed by atoms with Crippen molar-refractivity contribution in [2.45, 2.75) is 6.92 Å². The highest BCUT2D eigenvalue weighted by Crippen LogP contribution is 2.44. The van der Waals surface area contributed by atoms with Crippen LogP contribution in [0.3, 0.4) is 0 Å². The SMILES string of the molecule is COc1cc(OC)c2c(C)c(OC)c(-c3ccc(OC)c(OC)c3)[o+]c2c1. The summed E-state index contributed by atoms with van der Waals surface area (Å²) in [7, 11) is 8.02. The molecule has 0 fully saturated rings. The fraction of sp³-hybridized carbons (Fsp3) is 0.286. The van der Waals surface area contributed by atoms with Crippen LogP contribution in [0.4, 0.5) is 0 Å². The van der Waals surface area contributed by atoms with Gasteiger partial charge in [-0.05, 0) is 19.1 Å². The largest absolute Gasteiger partial charge is 0.496 e. The van der Waals surface area contributed by atoms with Gasteiger partial charge in [-0.15, -0.1) is 0 Å². The third-order valence-electron chi connectivity index (χ3n) is 4.48. The Bertz CT molecular complexity index is 980. The van der Waals surface area contributed by atoms with Crippen molar-refractivity contribution in [3.8, 4) is 40.1 Å². The second kappa shape index (κ2) is 7.61. The van der Waals surface area contributed by atoms with E-state index in [4.69, 9.17) is 28.1 Å². The third kappa shape index (κ3) is 3.18. The highest BCUT2D eigenvalue weighted by atomic mass is 16.5. The van der Waals surface area contributed by atoms with Gasteiger partial charge in [0.15, 0.2) is 11.5 Å². The van der Waals surface area contributed by atoms with Gasteiger partial charge in [0.05, 0.1) is 47.2 Å². The summed E-state index contributed by atoms with van der Waals surface area (Å²) in [5, 5.41) is 0.833. The lowest BCUT2D eigenvalue weighted by atomic mass is 10.0. The second-order valence-electron chi connectivity index (χ2n) is 5.86. The van der Waals surface area contributed by atoms with E-state index >= 15 is 0 Å². The predicted molar refractivity (Wildman–Crippen MR) is 104 cm³/mol. The molecule has 1 aromatic heterocycles. The van der Waals surface area contributed by atoms with Gasteiger partial charge in [0.2, 0.25) is 5.75 Å². The van der Waals surface area contributed by atoms with E-state index in [9.17, 15) is 0 Å². The second-order valence-corrected chi connectivity index (χ2v) is 5.86. The Morgan fingerprint density at radius 1 is 0.704 bits per heavy atom. The maximum Gasteiger partial charge on any atom is 0.402 e. The minimum absolute atomic E-state index is 0.582. The molecule has 0 aliphatic carbocycles. The molecule has 2 aromatic carbocycles. The van der Waals surface area contributed by atoms with E-state index in [1.807, 2.05) is 37.3 Å². The molecular formula is C21H23O6+. The molecule has 0 radical (unpaired) electrons. The van der Waals surface area contributed by atoms with Crippen LogP contribution in [0.2, 0.25) is 0 Å². The lowest BCUT2D eigenvalue weighted by molar-refractivity contribution is 0.355. The van der Waals surface area contributed by atoms with E-state index < -0.39 is 0 Å². The quantitative estimate of drug-likeness (QED) is 0.584. The number of rotatable bonds is 6. The Morgan fingerprint density at radius 2 is 1.41 bits per heavy atom. The van der Waals surface area contributed by atoms with Gasteiger partial charge in [0, 0.05) is 17.7 Å². The van der Waals surface area contributed by atoms with Crippen LogP contribution in [0.1, 0.15) is 5.56 Å². The Balaban J connectivity index is 2.33. The highest BCUT2D eigenvalue weighted by Gasteiger charge is 2.29. The van der Waals surface area contributed by atoms with Crippen molar-refractivity contribution in [2.24, 2.45) is 0 Å². The molecule has 0 saturated heterocycles. The zero-order chi connectivity index (χ0) is 19.6. The van der Waals surface area contributed by atoms with Gasteiger partial charge in [0.25, 0.3) is 0 Å². The highest BCUT2D eigenvalue weighted by molar-refractivity contribution is 5.92. The lowest BCUT2D eigenvalue weighted by Gasteiger charge is -2.11. The normalized spacial score (nSPS) is 10.6. The molecule has 3 rings (SSSR count). The summed E-state index contributed by atoms with van der Waals surface area (Å²) < 4.78 is 33.5. The van der Waals surface area contributed by atoms with Crippen molar-refractivity contribution in [1.82, 2.24) is 0 Å². The zero-order valence-electron chi connectivity index (χ0n) is 16.3. The maximum absolute atomic E-state index is 6.23. The molecule has 0 spiro atoms. The van der Waals surface area contributed by atoms with Gasteiger partial charge in [-0.2, -0.15) is 0 Å². The van der Waals surface area contributed by atoms with E-state index in [0.29, 0.717) is 40.1 Å². The fourth-order valence-electron chi connectivity index (χ4n) is 3.15. The Labute approximate surface area is 158 Å². The molecule has 6 nitrogen and oxygen atoms in total. The van der Waals surface area contributed by atoms with E-state index in [2.05, 4.69) is 0 Å². The van der Waals surface area contributed by atoms with E-state index in [0.717, 1.165) is 16.5 Å². The van der Waals surface area contributed by atoms with Crippen molar-refractivity contribution in [1.29, 1.82) is 0 Å². The first-order chi connectivity index (χ1) is 13.1. The average molecular weight is 371 g/mol. The molecule has 27 heavy (non-hydrogen) atoms. The van der Waals surface area contributed by atoms with Crippen LogP contribution < -0.4 is 23.7 Å². The van der Waals surface area contributed by atoms with Crippen molar-refractivity contribution in [3.63, 3.8) is 0 Å². The molecule has 0 aliphatic rings. The van der Waals surface area contributed by atoms with Gasteiger partial charge in [0.1, 0.15) is 16.9 Å². The van der Waals surface area contributed by atoms with Crippen LogP contribution in [0.15, 0.2) is 34.7 Å². The standard InChI is InChI=1S/C21H23O6/c1-12-19-17(25-5)10-14(22-2)11-18(19)27-21(20(12)26-6)13-7-8-15(23-3)16(9-13)24-4/h7-11H,1-6H3/q+1. The van der Waals surface area contributed by atoms with Gasteiger partial charge in [-0.1, -0.05) is 0 Å². The summed E-state index contributed by atoms with van der Waals surface area (Å²) in [6, 6.07) is 9.22. The monoisotopic (exact) mass is 371 g/mol. The van der Waals surface area contributed by atoms with Crippen LogP contribution in [-0.2, 0) is 0 Å². The van der Waals surface area contributed by atoms with Crippen LogP contribution in [0.25, 0.3) is 22.3 Å². The van der Waals surface area contributed by atoms with Gasteiger partial charge >= 0.3 is 11.3 Å². The Hall–Kier alpha value is -3.15. The summed E-state index contributed by atoms with van der Waals surface area (Å²) >= 11 is 0. The predicted octanol–water partition coefficient (Wildman–Crippen LogP) is 4.73. The van der Waals surface area contributed by atoms with Crippen LogP contribution in [-0.4, -0.2) is 35.5 Å². The first-order valence-electron chi connectivity index (χ1n) is 8.36. The Kier molecular flexibility index (Phi) is 5.26. The van der Waals surface area contributed by atoms with Crippen LogP contribution in [0.5, 0.6) is 28.7 Å². The minimum atomic E-state index is 0.582. The number of hydrogen-bond acceptors (Lipinski definition) is 5. The average Bonchev–Trinajstić information content (AvgIpc) is 2.71. The molecule has 1 heterocycles. The molecule has 6 heteroatoms. The fourth-order valence-corrected chi connectivity index (χ4v) is 3.15. The van der Waals surface area contributed by atoms with Crippen molar-refractivity contribution < 1.29 is 28.1 Å². The van der Waals surface area contributed by atoms with Crippen molar-refractivity contribution in [2.75, 3.05) is 35.5 Å². The molecule has 3 aromatic rings. The summed E-state index contributed by atoms with van der Waals surface area (Å²) in [6.07, 6.45) is 0. The number of fused-ring (bicyclic) bond motifs is 1. The first kappa shape index (κ1) is 18.6. The van der Waals surface area contributed by atoms with E-state index in [1.165, 1.54) is 0 Å². The molecule has 0 saturated carbocycles. The molecule has 0 atom stereocenters. The molecule has 0 bridgehead atoms. The third-order valence-corrected chi connectivity index (χ3v) is 4.48. The molecule has 0 N–H and O–H groups in total. The van der Waals surface area contributed by atoms with Gasteiger partial charge < -0.3 is 23.7 Å². The number of methoxy groups -OCH3 is 5. The number of aryl methyl sites for hydroxylation is 1. The zero-order valence-corrected chi connectivity index (χ0v) is 16.3. The number of benzene rings is 2. The maximum atomic E-state index is 6.23. The summed E-state index contributed by atoms with van der Waals surface area (Å²) in [5.74, 6) is 3.75. The van der Waals surface area contributed by atoms with E-state index in [-0.39, 0.29) is 0 Å². The van der Waals surface area contributed by atoms with Gasteiger partial charge in [-0.3, -0.25) is 0 Å². The molecular weight excluding hydrogens is 348 g/mol. The molecule has 142 valence electrons. The van der Waals surface area contributed by atoms with Crippen molar-refractivity contribution >= 4 is 11.0 Å². The lowest BCUT2D eigenvalue weighted by Crippen LogP contribution is -1.97. The molecule has 0 unspecified atom stereocenters. The Morgan fingerprint density at radius 3 is 2.00 bits per heavy atom. The van der Waals surface area contributed by atoms with Crippen molar-refractivity contribution in [3.05, 3.63) is 35.9 Å². The molecule has 0 amide bonds. The summed E-state index contributed by atoms with van der Waals surface area (Å²) in [6.45, 7) is 1.97. The van der Waals surface area contributed by atoms with Crippen LogP contribution >= 0.6 is 0 Å². The topological polar surface area (TPSA) is 57.5 Å². The van der Waals surface area contributed by atoms with Gasteiger partial charge in [-0.25, -0.2) is 4.42 Å². The van der Waals surface area contributed by atoms with E-state index in [1.54, 1.807) is 35.5 Å². The smallest absolute Gasteiger partial charge is 0.402 e. The molecule has 0 aliphatic heterocycles. The van der Waals surface area contributed by atoms with Crippen LogP contribution in [0, 0.1) is 6.92 Å². The first-order valence-corrected chi connectivity index (χ1v) is 8.36. The summed E-state index contributed by atoms with van der Waals surface area (Å²) in [4.78, 5) is 0. The number of ether oxygens (including phenoxy) is 5. The summed E-state index contributed by atoms with van der Waals surface area (Å²) in [5.41, 5.74) is 2.34. The minimum Gasteiger partial charge on any atom is -0.496 e.